The first kappa shape index (κ1) is 18.7. The molecule has 0 aromatic heterocycles. The zero-order chi connectivity index (χ0) is 17.0. The van der Waals surface area contributed by atoms with E-state index in [0.29, 0.717) is 13.0 Å². The Kier molecular flexibility index (Phi) is 6.17. The highest BCUT2D eigenvalue weighted by Crippen LogP contribution is 2.25. The third kappa shape index (κ3) is 4.57. The predicted molar refractivity (Wildman–Crippen MR) is 90.8 cm³/mol. The molecule has 1 N–H and O–H groups in total. The van der Waals surface area contributed by atoms with Crippen molar-refractivity contribution in [2.45, 2.75) is 51.7 Å². The van der Waals surface area contributed by atoms with Crippen LogP contribution in [0.15, 0.2) is 24.3 Å². The molecule has 0 radical (unpaired) electrons. The lowest BCUT2D eigenvalue weighted by atomic mass is 9.82. The molecule has 0 heterocycles. The maximum absolute atomic E-state index is 12.1. The van der Waals surface area contributed by atoms with Gasteiger partial charge in [0, 0.05) is 12.0 Å². The van der Waals surface area contributed by atoms with E-state index < -0.39 is 21.0 Å². The number of rotatable bonds is 7. The minimum Gasteiger partial charge on any atom is -0.354 e. The van der Waals surface area contributed by atoms with Crippen LogP contribution in [0.1, 0.15) is 45.2 Å². The van der Waals surface area contributed by atoms with Gasteiger partial charge in [-0.25, -0.2) is 8.42 Å². The van der Waals surface area contributed by atoms with Crippen LogP contribution in [0.25, 0.3) is 0 Å². The van der Waals surface area contributed by atoms with Crippen molar-refractivity contribution in [3.63, 3.8) is 0 Å². The van der Waals surface area contributed by atoms with Crippen LogP contribution >= 0.6 is 0 Å². The Morgan fingerprint density at radius 3 is 2.41 bits per heavy atom. The SMILES string of the molecule is CCCS(=O)(=O)[C@H](C)C(=O)NCC(C)(C)c1ccccc1C. The first-order chi connectivity index (χ1) is 10.1. The number of carbonyl (C=O) groups is 1. The number of hydrogen-bond donors (Lipinski definition) is 1. The zero-order valence-corrected chi connectivity index (χ0v) is 15.0. The summed E-state index contributed by atoms with van der Waals surface area (Å²) >= 11 is 0. The van der Waals surface area contributed by atoms with E-state index in [2.05, 4.69) is 5.32 Å². The summed E-state index contributed by atoms with van der Waals surface area (Å²) in [7, 11) is -3.36. The summed E-state index contributed by atoms with van der Waals surface area (Å²) in [6.07, 6.45) is 0.522. The van der Waals surface area contributed by atoms with E-state index in [1.54, 1.807) is 6.92 Å². The van der Waals surface area contributed by atoms with Crippen LogP contribution in [0, 0.1) is 6.92 Å². The number of aryl methyl sites for hydroxylation is 1. The van der Waals surface area contributed by atoms with Crippen molar-refractivity contribution in [2.75, 3.05) is 12.3 Å². The second-order valence-corrected chi connectivity index (χ2v) is 8.87. The first-order valence-electron chi connectivity index (χ1n) is 7.67. The summed E-state index contributed by atoms with van der Waals surface area (Å²) in [6, 6.07) is 8.03. The van der Waals surface area contributed by atoms with Crippen molar-refractivity contribution in [1.82, 2.24) is 5.32 Å². The van der Waals surface area contributed by atoms with Gasteiger partial charge < -0.3 is 5.32 Å². The Morgan fingerprint density at radius 2 is 1.86 bits per heavy atom. The number of benzene rings is 1. The Labute approximate surface area is 134 Å². The first-order valence-corrected chi connectivity index (χ1v) is 9.38. The van der Waals surface area contributed by atoms with E-state index in [1.165, 1.54) is 6.92 Å². The van der Waals surface area contributed by atoms with Gasteiger partial charge in [-0.15, -0.1) is 0 Å². The highest BCUT2D eigenvalue weighted by atomic mass is 32.2. The minimum atomic E-state index is -3.36. The number of sulfone groups is 1. The monoisotopic (exact) mass is 325 g/mol. The second kappa shape index (κ2) is 7.27. The van der Waals surface area contributed by atoms with Crippen molar-refractivity contribution in [2.24, 2.45) is 0 Å². The molecule has 0 aliphatic rings. The van der Waals surface area contributed by atoms with Gasteiger partial charge in [-0.1, -0.05) is 45.0 Å². The summed E-state index contributed by atoms with van der Waals surface area (Å²) in [5.41, 5.74) is 2.06. The molecule has 5 heteroatoms. The molecule has 0 aliphatic carbocycles. The van der Waals surface area contributed by atoms with Gasteiger partial charge >= 0.3 is 0 Å². The molecule has 0 bridgehead atoms. The average Bonchev–Trinajstić information content (AvgIpc) is 2.44. The molecule has 1 aromatic rings. The quantitative estimate of drug-likeness (QED) is 0.838. The molecule has 0 fully saturated rings. The van der Waals surface area contributed by atoms with Crippen molar-refractivity contribution in [3.8, 4) is 0 Å². The van der Waals surface area contributed by atoms with Crippen molar-refractivity contribution in [1.29, 1.82) is 0 Å². The average molecular weight is 325 g/mol. The maximum Gasteiger partial charge on any atom is 0.238 e. The molecule has 0 saturated heterocycles. The van der Waals surface area contributed by atoms with Gasteiger partial charge in [-0.05, 0) is 31.4 Å². The Morgan fingerprint density at radius 1 is 1.27 bits per heavy atom. The standard InChI is InChI=1S/C17H27NO3S/c1-6-11-22(20,21)14(3)16(19)18-12-17(4,5)15-10-8-7-9-13(15)2/h7-10,14H,6,11-12H2,1-5H3,(H,18,19)/t14-/m1/s1. The van der Waals surface area contributed by atoms with Crippen LogP contribution in [0.4, 0.5) is 0 Å². The number of nitrogens with one attached hydrogen (secondary N) is 1. The maximum atomic E-state index is 12.1. The molecule has 22 heavy (non-hydrogen) atoms. The van der Waals surface area contributed by atoms with Crippen LogP contribution in [0.3, 0.4) is 0 Å². The Bertz CT molecular complexity index is 621. The van der Waals surface area contributed by atoms with Crippen LogP contribution in [0.2, 0.25) is 0 Å². The van der Waals surface area contributed by atoms with Crippen molar-refractivity contribution >= 4 is 15.7 Å². The molecule has 0 spiro atoms. The normalized spacial score (nSPS) is 13.7. The van der Waals surface area contributed by atoms with E-state index in [9.17, 15) is 13.2 Å². The molecule has 124 valence electrons. The molecule has 1 aromatic carbocycles. The van der Waals surface area contributed by atoms with E-state index >= 15 is 0 Å². The third-order valence-corrected chi connectivity index (χ3v) is 6.24. The van der Waals surface area contributed by atoms with Crippen LogP contribution in [0.5, 0.6) is 0 Å². The summed E-state index contributed by atoms with van der Waals surface area (Å²) in [6.45, 7) is 9.78. The molecule has 0 saturated carbocycles. The summed E-state index contributed by atoms with van der Waals surface area (Å²) < 4.78 is 23.9. The van der Waals surface area contributed by atoms with Gasteiger partial charge in [0.25, 0.3) is 0 Å². The third-order valence-electron chi connectivity index (χ3n) is 3.98. The van der Waals surface area contributed by atoms with Gasteiger partial charge in [0.2, 0.25) is 5.91 Å². The Hall–Kier alpha value is -1.36. The van der Waals surface area contributed by atoms with E-state index in [-0.39, 0.29) is 11.2 Å². The number of hydrogen-bond acceptors (Lipinski definition) is 3. The molecule has 1 rings (SSSR count). The molecular weight excluding hydrogens is 298 g/mol. The highest BCUT2D eigenvalue weighted by molar-refractivity contribution is 7.92. The van der Waals surface area contributed by atoms with Crippen LogP contribution in [-0.2, 0) is 20.0 Å². The number of carbonyl (C=O) groups excluding carboxylic acids is 1. The molecule has 0 aliphatic heterocycles. The predicted octanol–water partition coefficient (Wildman–Crippen LogP) is 2.60. The van der Waals surface area contributed by atoms with Gasteiger partial charge in [-0.2, -0.15) is 0 Å². The lowest BCUT2D eigenvalue weighted by molar-refractivity contribution is -0.120. The zero-order valence-electron chi connectivity index (χ0n) is 14.1. The largest absolute Gasteiger partial charge is 0.354 e. The molecule has 4 nitrogen and oxygen atoms in total. The molecule has 0 unspecified atom stereocenters. The minimum absolute atomic E-state index is 0.0444. The van der Waals surface area contributed by atoms with Crippen molar-refractivity contribution < 1.29 is 13.2 Å². The lowest BCUT2D eigenvalue weighted by Gasteiger charge is -2.28. The molecule has 1 amide bonds. The summed E-state index contributed by atoms with van der Waals surface area (Å²) in [5.74, 6) is -0.377. The van der Waals surface area contributed by atoms with Crippen LogP contribution < -0.4 is 5.32 Å². The van der Waals surface area contributed by atoms with Gasteiger partial charge in [-0.3, -0.25) is 4.79 Å². The smallest absolute Gasteiger partial charge is 0.238 e. The fourth-order valence-corrected chi connectivity index (χ4v) is 3.84. The van der Waals surface area contributed by atoms with Gasteiger partial charge in [0.05, 0.1) is 5.75 Å². The Balaban J connectivity index is 2.77. The topological polar surface area (TPSA) is 63.2 Å². The van der Waals surface area contributed by atoms with Crippen molar-refractivity contribution in [3.05, 3.63) is 35.4 Å². The molecule has 1 atom stereocenters. The molecular formula is C17H27NO3S. The van der Waals surface area contributed by atoms with Crippen LogP contribution in [-0.4, -0.2) is 31.9 Å². The highest BCUT2D eigenvalue weighted by Gasteiger charge is 2.29. The second-order valence-electron chi connectivity index (χ2n) is 6.43. The summed E-state index contributed by atoms with van der Waals surface area (Å²) in [4.78, 5) is 12.1. The summed E-state index contributed by atoms with van der Waals surface area (Å²) in [5, 5.41) is 1.79. The van der Waals surface area contributed by atoms with Gasteiger partial charge in [0.15, 0.2) is 9.84 Å². The van der Waals surface area contributed by atoms with Gasteiger partial charge in [0.1, 0.15) is 5.25 Å². The fourth-order valence-electron chi connectivity index (χ4n) is 2.50. The number of amides is 1. The fraction of sp³-hybridized carbons (Fsp3) is 0.588. The van der Waals surface area contributed by atoms with E-state index in [1.807, 2.05) is 45.0 Å². The lowest BCUT2D eigenvalue weighted by Crippen LogP contribution is -2.44. The van der Waals surface area contributed by atoms with E-state index in [0.717, 1.165) is 11.1 Å². The van der Waals surface area contributed by atoms with E-state index in [4.69, 9.17) is 0 Å².